The zero-order chi connectivity index (χ0) is 8.81. The molecule has 1 aromatic rings. The van der Waals surface area contributed by atoms with E-state index in [4.69, 9.17) is 0 Å². The number of anilines is 1. The average molecular weight is 162 g/mol. The first-order valence-corrected chi connectivity index (χ1v) is 4.18. The van der Waals surface area contributed by atoms with Crippen molar-refractivity contribution < 1.29 is 0 Å². The van der Waals surface area contributed by atoms with Crippen LogP contribution in [-0.4, -0.2) is 4.98 Å². The molecule has 0 saturated heterocycles. The van der Waals surface area contributed by atoms with Crippen molar-refractivity contribution in [1.82, 2.24) is 4.98 Å². The van der Waals surface area contributed by atoms with Crippen LogP contribution in [0, 0.1) is 0 Å². The van der Waals surface area contributed by atoms with Crippen molar-refractivity contribution in [2.75, 3.05) is 5.32 Å². The Morgan fingerprint density at radius 1 is 1.58 bits per heavy atom. The molecule has 1 heterocycles. The maximum Gasteiger partial charge on any atom is 0.130 e. The molecule has 1 aromatic heterocycles. The van der Waals surface area contributed by atoms with Crippen molar-refractivity contribution in [3.8, 4) is 0 Å². The van der Waals surface area contributed by atoms with E-state index in [1.807, 2.05) is 18.2 Å². The third-order valence-electron chi connectivity index (χ3n) is 1.52. The second-order valence-corrected chi connectivity index (χ2v) is 2.69. The van der Waals surface area contributed by atoms with Gasteiger partial charge in [0.25, 0.3) is 0 Å². The molecule has 0 radical (unpaired) electrons. The molecule has 0 amide bonds. The van der Waals surface area contributed by atoms with E-state index in [0.29, 0.717) is 0 Å². The largest absolute Gasteiger partial charge is 0.344 e. The molecule has 0 aliphatic rings. The molecule has 12 heavy (non-hydrogen) atoms. The Labute approximate surface area is 73.3 Å². The topological polar surface area (TPSA) is 24.9 Å². The SMILES string of the molecule is C=C(CCC)Nc1ccccn1. The molecule has 0 aromatic carbocycles. The van der Waals surface area contributed by atoms with Crippen LogP contribution < -0.4 is 5.32 Å². The highest BCUT2D eigenvalue weighted by Crippen LogP contribution is 2.07. The van der Waals surface area contributed by atoms with Gasteiger partial charge in [0, 0.05) is 11.9 Å². The summed E-state index contributed by atoms with van der Waals surface area (Å²) < 4.78 is 0. The number of pyridine rings is 1. The van der Waals surface area contributed by atoms with Crippen LogP contribution in [0.15, 0.2) is 36.7 Å². The Morgan fingerprint density at radius 3 is 3.00 bits per heavy atom. The van der Waals surface area contributed by atoms with Gasteiger partial charge in [0.05, 0.1) is 0 Å². The first kappa shape index (κ1) is 8.78. The van der Waals surface area contributed by atoms with Gasteiger partial charge in [0.15, 0.2) is 0 Å². The minimum absolute atomic E-state index is 0.871. The van der Waals surface area contributed by atoms with Gasteiger partial charge in [-0.1, -0.05) is 26.0 Å². The maximum atomic E-state index is 4.13. The van der Waals surface area contributed by atoms with Crippen molar-refractivity contribution >= 4 is 5.82 Å². The first-order chi connectivity index (χ1) is 5.83. The Bertz CT molecular complexity index is 241. The molecule has 0 aliphatic heterocycles. The zero-order valence-corrected chi connectivity index (χ0v) is 7.38. The maximum absolute atomic E-state index is 4.13. The molecule has 0 saturated carbocycles. The summed E-state index contributed by atoms with van der Waals surface area (Å²) in [5, 5.41) is 3.14. The summed E-state index contributed by atoms with van der Waals surface area (Å²) in [5.41, 5.74) is 1.02. The monoisotopic (exact) mass is 162 g/mol. The highest BCUT2D eigenvalue weighted by atomic mass is 15.0. The Balaban J connectivity index is 2.47. The number of nitrogens with zero attached hydrogens (tertiary/aromatic N) is 1. The molecular weight excluding hydrogens is 148 g/mol. The summed E-state index contributed by atoms with van der Waals surface area (Å²) in [7, 11) is 0. The van der Waals surface area contributed by atoms with Crippen LogP contribution in [0.25, 0.3) is 0 Å². The quantitative estimate of drug-likeness (QED) is 0.736. The first-order valence-electron chi connectivity index (χ1n) is 4.18. The standard InChI is InChI=1S/C10H14N2/c1-3-6-9(2)12-10-7-4-5-8-11-10/h4-5,7-8H,2-3,6H2,1H3,(H,11,12). The van der Waals surface area contributed by atoms with Gasteiger partial charge in [-0.25, -0.2) is 4.98 Å². The Kier molecular flexibility index (Phi) is 3.33. The van der Waals surface area contributed by atoms with Crippen LogP contribution in [0.4, 0.5) is 5.82 Å². The normalized spacial score (nSPS) is 9.42. The van der Waals surface area contributed by atoms with Crippen LogP contribution in [0.3, 0.4) is 0 Å². The van der Waals surface area contributed by atoms with Gasteiger partial charge in [0.1, 0.15) is 5.82 Å². The predicted molar refractivity (Wildman–Crippen MR) is 51.9 cm³/mol. The third-order valence-corrected chi connectivity index (χ3v) is 1.52. The fraction of sp³-hybridized carbons (Fsp3) is 0.300. The van der Waals surface area contributed by atoms with Gasteiger partial charge in [-0.2, -0.15) is 0 Å². The van der Waals surface area contributed by atoms with Gasteiger partial charge in [-0.05, 0) is 18.6 Å². The lowest BCUT2D eigenvalue weighted by Crippen LogP contribution is -1.98. The number of hydrogen-bond donors (Lipinski definition) is 1. The molecule has 1 rings (SSSR count). The van der Waals surface area contributed by atoms with E-state index in [2.05, 4.69) is 23.8 Å². The van der Waals surface area contributed by atoms with E-state index >= 15 is 0 Å². The molecule has 2 heteroatoms. The van der Waals surface area contributed by atoms with Crippen LogP contribution in [0.1, 0.15) is 19.8 Å². The molecule has 0 bridgehead atoms. The van der Waals surface area contributed by atoms with Crippen molar-refractivity contribution in [3.63, 3.8) is 0 Å². The van der Waals surface area contributed by atoms with E-state index in [1.54, 1.807) is 6.20 Å². The predicted octanol–water partition coefficient (Wildman–Crippen LogP) is 2.81. The summed E-state index contributed by atoms with van der Waals surface area (Å²) >= 11 is 0. The summed E-state index contributed by atoms with van der Waals surface area (Å²) in [6, 6.07) is 5.78. The average Bonchev–Trinajstić information content (AvgIpc) is 2.06. The number of nitrogens with one attached hydrogen (secondary N) is 1. The molecule has 0 unspecified atom stereocenters. The smallest absolute Gasteiger partial charge is 0.130 e. The zero-order valence-electron chi connectivity index (χ0n) is 7.38. The molecule has 1 N–H and O–H groups in total. The lowest BCUT2D eigenvalue weighted by molar-refractivity contribution is 0.911. The van der Waals surface area contributed by atoms with Crippen LogP contribution in [0.5, 0.6) is 0 Å². The van der Waals surface area contributed by atoms with Crippen LogP contribution >= 0.6 is 0 Å². The van der Waals surface area contributed by atoms with Gasteiger partial charge in [-0.3, -0.25) is 0 Å². The summed E-state index contributed by atoms with van der Waals surface area (Å²) in [6.45, 7) is 6.02. The van der Waals surface area contributed by atoms with E-state index in [9.17, 15) is 0 Å². The minimum atomic E-state index is 0.871. The Morgan fingerprint density at radius 2 is 2.42 bits per heavy atom. The lowest BCUT2D eigenvalue weighted by atomic mass is 10.3. The van der Waals surface area contributed by atoms with Gasteiger partial charge >= 0.3 is 0 Å². The van der Waals surface area contributed by atoms with Crippen molar-refractivity contribution in [1.29, 1.82) is 0 Å². The van der Waals surface area contributed by atoms with E-state index in [-0.39, 0.29) is 0 Å². The molecule has 0 fully saturated rings. The number of allylic oxidation sites excluding steroid dienone is 1. The van der Waals surface area contributed by atoms with Crippen molar-refractivity contribution in [3.05, 3.63) is 36.7 Å². The molecular formula is C10H14N2. The molecule has 0 aliphatic carbocycles. The Hall–Kier alpha value is -1.31. The minimum Gasteiger partial charge on any atom is -0.344 e. The van der Waals surface area contributed by atoms with Gasteiger partial charge in [-0.15, -0.1) is 0 Å². The van der Waals surface area contributed by atoms with Crippen molar-refractivity contribution in [2.24, 2.45) is 0 Å². The summed E-state index contributed by atoms with van der Waals surface area (Å²) in [6.07, 6.45) is 3.87. The highest BCUT2D eigenvalue weighted by Gasteiger charge is 1.93. The number of hydrogen-bond acceptors (Lipinski definition) is 2. The van der Waals surface area contributed by atoms with E-state index < -0.39 is 0 Å². The number of aromatic nitrogens is 1. The van der Waals surface area contributed by atoms with E-state index in [1.165, 1.54) is 0 Å². The summed E-state index contributed by atoms with van der Waals surface area (Å²) in [4.78, 5) is 4.13. The van der Waals surface area contributed by atoms with E-state index in [0.717, 1.165) is 24.4 Å². The number of rotatable bonds is 4. The van der Waals surface area contributed by atoms with Crippen molar-refractivity contribution in [2.45, 2.75) is 19.8 Å². The van der Waals surface area contributed by atoms with Gasteiger partial charge < -0.3 is 5.32 Å². The second-order valence-electron chi connectivity index (χ2n) is 2.69. The highest BCUT2D eigenvalue weighted by molar-refractivity contribution is 5.39. The second kappa shape index (κ2) is 4.54. The molecule has 2 nitrogen and oxygen atoms in total. The van der Waals surface area contributed by atoms with Crippen LogP contribution in [0.2, 0.25) is 0 Å². The van der Waals surface area contributed by atoms with Crippen LogP contribution in [-0.2, 0) is 0 Å². The molecule has 64 valence electrons. The van der Waals surface area contributed by atoms with Gasteiger partial charge in [0.2, 0.25) is 0 Å². The lowest BCUT2D eigenvalue weighted by Gasteiger charge is -2.06. The fourth-order valence-corrected chi connectivity index (χ4v) is 0.982. The summed E-state index contributed by atoms with van der Waals surface area (Å²) in [5.74, 6) is 0.871. The molecule has 0 atom stereocenters. The third kappa shape index (κ3) is 2.74. The molecule has 0 spiro atoms. The fourth-order valence-electron chi connectivity index (χ4n) is 0.982.